The van der Waals surface area contributed by atoms with Gasteiger partial charge in [0.15, 0.2) is 0 Å². The lowest BCUT2D eigenvalue weighted by atomic mass is 9.32. The van der Waals surface area contributed by atoms with Crippen LogP contribution in [0.3, 0.4) is 0 Å². The van der Waals surface area contributed by atoms with Crippen molar-refractivity contribution in [2.75, 3.05) is 7.11 Å². The van der Waals surface area contributed by atoms with E-state index in [-0.39, 0.29) is 63.6 Å². The summed E-state index contributed by atoms with van der Waals surface area (Å²) in [4.78, 5) is 42.2. The molecule has 61 heavy (non-hydrogen) atoms. The number of hydrogen-bond acceptors (Lipinski definition) is 6. The molecule has 9 rings (SSSR count). The van der Waals surface area contributed by atoms with E-state index < -0.39 is 5.41 Å². The zero-order valence-electron chi connectivity index (χ0n) is 39.8. The fraction of sp³-hybridized carbons (Fsp3) is 0.836. The Morgan fingerprint density at radius 2 is 1.34 bits per heavy atom. The van der Waals surface area contributed by atoms with E-state index in [1.807, 2.05) is 51.3 Å². The number of rotatable bonds is 11. The van der Waals surface area contributed by atoms with Gasteiger partial charge in [0.2, 0.25) is 0 Å². The van der Waals surface area contributed by atoms with Crippen LogP contribution in [-0.2, 0) is 35.2 Å². The molecule has 1 aromatic rings. The largest absolute Gasteiger partial charge is 0.462 e. The highest BCUT2D eigenvalue weighted by atomic mass is 16.5. The highest BCUT2D eigenvalue weighted by Crippen LogP contribution is 2.79. The summed E-state index contributed by atoms with van der Waals surface area (Å²) in [5.41, 5.74) is 1.31. The summed E-state index contributed by atoms with van der Waals surface area (Å²) in [6, 6.07) is 9.80. The third-order valence-corrected chi connectivity index (χ3v) is 22.1. The van der Waals surface area contributed by atoms with Crippen molar-refractivity contribution in [3.8, 4) is 0 Å². The summed E-state index contributed by atoms with van der Waals surface area (Å²) in [5.74, 6) is 3.39. The number of fused-ring (bicyclic) bond motifs is 7. The monoisotopic (exact) mass is 839 g/mol. The third kappa shape index (κ3) is 6.87. The van der Waals surface area contributed by atoms with Gasteiger partial charge in [0.1, 0.15) is 18.5 Å². The predicted molar refractivity (Wildman–Crippen MR) is 240 cm³/mol. The predicted octanol–water partition coefficient (Wildman–Crippen LogP) is 12.7. The fourth-order valence-electron chi connectivity index (χ4n) is 17.6. The molecule has 6 heteroatoms. The van der Waals surface area contributed by atoms with Gasteiger partial charge in [0.25, 0.3) is 0 Å². The molecule has 0 saturated heterocycles. The highest BCUT2D eigenvalue weighted by molar-refractivity contribution is 5.86. The van der Waals surface area contributed by atoms with E-state index in [0.717, 1.165) is 56.9 Å². The van der Waals surface area contributed by atoms with E-state index >= 15 is 0 Å². The molecule has 0 spiro atoms. The quantitative estimate of drug-likeness (QED) is 0.207. The maximum atomic E-state index is 15.0. The molecule has 0 N–H and O–H groups in total. The zero-order chi connectivity index (χ0) is 43.4. The number of ether oxygens (including phenoxy) is 3. The average Bonchev–Trinajstić information content (AvgIpc) is 3.85. The summed E-state index contributed by atoms with van der Waals surface area (Å²) < 4.78 is 18.0. The standard InChI is InChI=1S/C55H82O6/c1-49(2)40(47(57)60-34-36-13-11-10-12-14-36)33-41(49)48(58)61-45-25-26-52(6)42(50(45,3)4)24-27-54(8)43(52)21-20-39-46-38(51(5)29-30-51)23-28-55(46,32-31-53(39,54)7)44(56)22-17-35-15-18-37(59-9)19-16-35/h10-14,35,37-43,45-46H,15-34H2,1-9H3. The lowest BCUT2D eigenvalue weighted by Crippen LogP contribution is -2.67. The van der Waals surface area contributed by atoms with Crippen molar-refractivity contribution in [1.29, 1.82) is 0 Å². The van der Waals surface area contributed by atoms with E-state index in [9.17, 15) is 14.4 Å². The van der Waals surface area contributed by atoms with Crippen LogP contribution in [0.4, 0.5) is 0 Å². The molecule has 6 nitrogen and oxygen atoms in total. The Morgan fingerprint density at radius 1 is 0.639 bits per heavy atom. The van der Waals surface area contributed by atoms with Gasteiger partial charge in [-0.15, -0.1) is 0 Å². The van der Waals surface area contributed by atoms with Crippen molar-refractivity contribution in [1.82, 2.24) is 0 Å². The number of benzene rings is 1. The maximum absolute atomic E-state index is 15.0. The van der Waals surface area contributed by atoms with Crippen LogP contribution in [-0.4, -0.2) is 37.0 Å². The van der Waals surface area contributed by atoms with Crippen LogP contribution in [0, 0.1) is 85.2 Å². The fourth-order valence-corrected chi connectivity index (χ4v) is 17.6. The van der Waals surface area contributed by atoms with Crippen LogP contribution in [0.2, 0.25) is 0 Å². The second-order valence-electron chi connectivity index (χ2n) is 25.0. The zero-order valence-corrected chi connectivity index (χ0v) is 39.8. The topological polar surface area (TPSA) is 78.9 Å². The molecule has 0 bridgehead atoms. The van der Waals surface area contributed by atoms with Crippen LogP contribution < -0.4 is 0 Å². The Balaban J connectivity index is 0.883. The molecule has 8 saturated carbocycles. The van der Waals surface area contributed by atoms with Gasteiger partial charge >= 0.3 is 11.9 Å². The van der Waals surface area contributed by atoms with Crippen LogP contribution >= 0.6 is 0 Å². The van der Waals surface area contributed by atoms with Gasteiger partial charge in [0, 0.05) is 24.4 Å². The molecule has 8 aliphatic carbocycles. The first kappa shape index (κ1) is 44.0. The first-order valence-electron chi connectivity index (χ1n) is 25.3. The molecule has 0 aliphatic heterocycles. The van der Waals surface area contributed by atoms with Gasteiger partial charge in [-0.05, 0) is 184 Å². The molecule has 0 radical (unpaired) electrons. The number of carbonyl (C=O) groups excluding carboxylic acids is 3. The van der Waals surface area contributed by atoms with E-state index in [0.29, 0.717) is 59.2 Å². The number of hydrogen-bond donors (Lipinski definition) is 0. The molecule has 0 aromatic heterocycles. The third-order valence-electron chi connectivity index (χ3n) is 22.1. The number of Topliss-reactive ketones (excluding diaryl/α,β-unsaturated/α-hetero) is 1. The Bertz CT molecular complexity index is 1820. The van der Waals surface area contributed by atoms with Crippen molar-refractivity contribution in [3.63, 3.8) is 0 Å². The van der Waals surface area contributed by atoms with E-state index in [1.54, 1.807) is 0 Å². The summed E-state index contributed by atoms with van der Waals surface area (Å²) in [6.45, 7) is 19.8. The van der Waals surface area contributed by atoms with Crippen LogP contribution in [0.25, 0.3) is 0 Å². The van der Waals surface area contributed by atoms with Crippen molar-refractivity contribution < 1.29 is 28.6 Å². The van der Waals surface area contributed by atoms with E-state index in [2.05, 4.69) is 41.5 Å². The molecule has 0 amide bonds. The normalized spacial score (nSPS) is 45.1. The molecule has 12 unspecified atom stereocenters. The lowest BCUT2D eigenvalue weighted by Gasteiger charge is -2.73. The minimum Gasteiger partial charge on any atom is -0.462 e. The molecule has 0 heterocycles. The lowest BCUT2D eigenvalue weighted by molar-refractivity contribution is -0.252. The highest BCUT2D eigenvalue weighted by Gasteiger charge is 2.73. The van der Waals surface area contributed by atoms with E-state index in [1.165, 1.54) is 64.2 Å². The van der Waals surface area contributed by atoms with E-state index in [4.69, 9.17) is 14.2 Å². The summed E-state index contributed by atoms with van der Waals surface area (Å²) >= 11 is 0. The Morgan fingerprint density at radius 3 is 2.02 bits per heavy atom. The van der Waals surface area contributed by atoms with Gasteiger partial charge in [-0.1, -0.05) is 85.7 Å². The van der Waals surface area contributed by atoms with Crippen LogP contribution in [0.15, 0.2) is 30.3 Å². The maximum Gasteiger partial charge on any atom is 0.309 e. The summed E-state index contributed by atoms with van der Waals surface area (Å²) in [5, 5.41) is 0. The minimum atomic E-state index is -0.500. The second kappa shape index (κ2) is 15.5. The van der Waals surface area contributed by atoms with Crippen molar-refractivity contribution in [2.24, 2.45) is 85.2 Å². The number of ketones is 1. The Labute approximate surface area is 369 Å². The summed E-state index contributed by atoms with van der Waals surface area (Å²) in [6.07, 6.45) is 21.8. The smallest absolute Gasteiger partial charge is 0.309 e. The SMILES string of the molecule is COC1CCC(CCC(=O)C23CCC(C4(C)CC4)C2C2CCC4C5(C)CCC(OC(=O)C6CC(C(=O)OCc7ccccc7)C6(C)C)C(C)(C)C5CCC4(C)C2(C)CC3)CC1. The first-order valence-corrected chi connectivity index (χ1v) is 25.3. The molecule has 338 valence electrons. The van der Waals surface area contributed by atoms with Crippen molar-refractivity contribution in [3.05, 3.63) is 35.9 Å². The Hall–Kier alpha value is -2.21. The van der Waals surface area contributed by atoms with Gasteiger partial charge in [-0.3, -0.25) is 14.4 Å². The Kier molecular flexibility index (Phi) is 11.2. The first-order chi connectivity index (χ1) is 28.8. The van der Waals surface area contributed by atoms with Gasteiger partial charge in [0.05, 0.1) is 17.9 Å². The molecule has 8 aliphatic rings. The second-order valence-corrected chi connectivity index (χ2v) is 25.0. The molecule has 12 atom stereocenters. The molecule has 1 aromatic carbocycles. The van der Waals surface area contributed by atoms with Crippen molar-refractivity contribution in [2.45, 2.75) is 196 Å². The number of esters is 2. The number of carbonyl (C=O) groups is 3. The summed E-state index contributed by atoms with van der Waals surface area (Å²) in [7, 11) is 1.86. The number of methoxy groups -OCH3 is 1. The van der Waals surface area contributed by atoms with Crippen LogP contribution in [0.1, 0.15) is 183 Å². The van der Waals surface area contributed by atoms with Gasteiger partial charge in [-0.25, -0.2) is 0 Å². The average molecular weight is 839 g/mol. The van der Waals surface area contributed by atoms with Crippen molar-refractivity contribution >= 4 is 17.7 Å². The van der Waals surface area contributed by atoms with Crippen LogP contribution in [0.5, 0.6) is 0 Å². The van der Waals surface area contributed by atoms with Gasteiger partial charge < -0.3 is 14.2 Å². The molecular formula is C55H82O6. The van der Waals surface area contributed by atoms with Gasteiger partial charge in [-0.2, -0.15) is 0 Å². The minimum absolute atomic E-state index is 0.101. The molecule has 8 fully saturated rings. The molecular weight excluding hydrogens is 757 g/mol.